The topological polar surface area (TPSA) is 106 Å². The van der Waals surface area contributed by atoms with Crippen molar-refractivity contribution in [2.24, 2.45) is 0 Å². The molecule has 0 fully saturated rings. The van der Waals surface area contributed by atoms with E-state index in [2.05, 4.69) is 10.6 Å². The number of sulfonamides is 1. The number of nitrogens with zero attached hydrogens (tertiary/aromatic N) is 1. The molecule has 3 aromatic rings. The number of methoxy groups -OCH3 is 3. The van der Waals surface area contributed by atoms with Crippen molar-refractivity contribution >= 4 is 38.9 Å². The quantitative estimate of drug-likeness (QED) is 0.405. The summed E-state index contributed by atoms with van der Waals surface area (Å²) in [6.07, 6.45) is 0. The van der Waals surface area contributed by atoms with Crippen molar-refractivity contribution in [3.05, 3.63) is 77.9 Å². The van der Waals surface area contributed by atoms with Crippen LogP contribution in [-0.2, 0) is 16.6 Å². The number of hydrogen-bond donors (Lipinski definition) is 2. The van der Waals surface area contributed by atoms with Crippen LogP contribution >= 0.6 is 12.2 Å². The number of rotatable bonds is 9. The number of amides is 1. The Labute approximate surface area is 216 Å². The number of thiocarbonyl (C=S) groups is 1. The van der Waals surface area contributed by atoms with E-state index in [1.54, 1.807) is 12.1 Å². The van der Waals surface area contributed by atoms with Crippen LogP contribution in [-0.4, -0.2) is 52.1 Å². The highest BCUT2D eigenvalue weighted by Gasteiger charge is 2.21. The zero-order chi connectivity index (χ0) is 26.3. The Balaban J connectivity index is 1.66. The first kappa shape index (κ1) is 26.9. The van der Waals surface area contributed by atoms with Crippen LogP contribution in [0.1, 0.15) is 15.9 Å². The maximum atomic E-state index is 12.9. The molecule has 9 nitrogen and oxygen atoms in total. The highest BCUT2D eigenvalue weighted by molar-refractivity contribution is 7.89. The van der Waals surface area contributed by atoms with Gasteiger partial charge in [0.2, 0.25) is 15.8 Å². The van der Waals surface area contributed by atoms with E-state index in [1.807, 2.05) is 30.3 Å². The lowest BCUT2D eigenvalue weighted by atomic mass is 10.1. The summed E-state index contributed by atoms with van der Waals surface area (Å²) < 4.78 is 42.9. The number of carbonyl (C=O) groups is 1. The van der Waals surface area contributed by atoms with Gasteiger partial charge in [0.25, 0.3) is 5.91 Å². The second-order valence-corrected chi connectivity index (χ2v) is 10.0. The molecule has 0 radical (unpaired) electrons. The molecule has 0 spiro atoms. The summed E-state index contributed by atoms with van der Waals surface area (Å²) in [5.41, 5.74) is 1.64. The molecule has 0 saturated carbocycles. The van der Waals surface area contributed by atoms with Gasteiger partial charge >= 0.3 is 0 Å². The number of ether oxygens (including phenoxy) is 3. The first-order chi connectivity index (χ1) is 17.2. The van der Waals surface area contributed by atoms with Gasteiger partial charge in [-0.1, -0.05) is 30.3 Å². The number of hydrogen-bond acceptors (Lipinski definition) is 7. The van der Waals surface area contributed by atoms with Gasteiger partial charge in [0.15, 0.2) is 16.6 Å². The fourth-order valence-corrected chi connectivity index (χ4v) is 4.73. The molecule has 2 N–H and O–H groups in total. The molecule has 1 amide bonds. The van der Waals surface area contributed by atoms with Crippen molar-refractivity contribution in [2.45, 2.75) is 11.4 Å². The average Bonchev–Trinajstić information content (AvgIpc) is 2.88. The largest absolute Gasteiger partial charge is 0.493 e. The monoisotopic (exact) mass is 529 g/mol. The van der Waals surface area contributed by atoms with Crippen LogP contribution in [0.15, 0.2) is 71.6 Å². The molecule has 190 valence electrons. The predicted molar refractivity (Wildman–Crippen MR) is 141 cm³/mol. The van der Waals surface area contributed by atoms with E-state index in [0.29, 0.717) is 22.9 Å². The van der Waals surface area contributed by atoms with Crippen molar-refractivity contribution in [1.82, 2.24) is 9.62 Å². The van der Waals surface area contributed by atoms with Crippen molar-refractivity contribution in [3.63, 3.8) is 0 Å². The Morgan fingerprint density at radius 1 is 0.917 bits per heavy atom. The summed E-state index contributed by atoms with van der Waals surface area (Å²) in [4.78, 5) is 12.9. The second kappa shape index (κ2) is 11.8. The summed E-state index contributed by atoms with van der Waals surface area (Å²) in [6.45, 7) is 0.250. The lowest BCUT2D eigenvalue weighted by molar-refractivity contribution is 0.0977. The smallest absolute Gasteiger partial charge is 0.257 e. The highest BCUT2D eigenvalue weighted by Crippen LogP contribution is 2.38. The molecule has 0 atom stereocenters. The summed E-state index contributed by atoms with van der Waals surface area (Å²) in [7, 11) is 2.22. The van der Waals surface area contributed by atoms with Crippen LogP contribution in [0, 0.1) is 0 Å². The van der Waals surface area contributed by atoms with Gasteiger partial charge < -0.3 is 19.5 Å². The molecule has 0 unspecified atom stereocenters. The minimum Gasteiger partial charge on any atom is -0.493 e. The number of carbonyl (C=O) groups excluding carboxylic acids is 1. The number of anilines is 1. The van der Waals surface area contributed by atoms with Gasteiger partial charge in [-0.3, -0.25) is 10.1 Å². The molecule has 0 aliphatic rings. The molecule has 0 saturated heterocycles. The Morgan fingerprint density at radius 3 is 2.03 bits per heavy atom. The molecule has 3 rings (SSSR count). The van der Waals surface area contributed by atoms with Crippen molar-refractivity contribution < 1.29 is 27.4 Å². The third-order valence-corrected chi connectivity index (χ3v) is 7.24. The summed E-state index contributed by atoms with van der Waals surface area (Å²) in [5, 5.41) is 5.49. The Morgan fingerprint density at radius 2 is 1.50 bits per heavy atom. The van der Waals surface area contributed by atoms with E-state index in [0.717, 1.165) is 5.56 Å². The van der Waals surface area contributed by atoms with Crippen molar-refractivity contribution in [3.8, 4) is 17.2 Å². The Bertz CT molecular complexity index is 1300. The lowest BCUT2D eigenvalue weighted by Crippen LogP contribution is -2.34. The van der Waals surface area contributed by atoms with Gasteiger partial charge in [0, 0.05) is 24.8 Å². The molecule has 36 heavy (non-hydrogen) atoms. The maximum Gasteiger partial charge on any atom is 0.257 e. The van der Waals surface area contributed by atoms with Crippen LogP contribution < -0.4 is 24.8 Å². The average molecular weight is 530 g/mol. The fourth-order valence-electron chi connectivity index (χ4n) is 3.37. The number of nitrogens with one attached hydrogen (secondary N) is 2. The highest BCUT2D eigenvalue weighted by atomic mass is 32.2. The first-order valence-corrected chi connectivity index (χ1v) is 12.6. The molecular weight excluding hydrogens is 502 g/mol. The Kier molecular flexibility index (Phi) is 8.86. The van der Waals surface area contributed by atoms with E-state index in [4.69, 9.17) is 26.4 Å². The second-order valence-electron chi connectivity index (χ2n) is 7.59. The minimum absolute atomic E-state index is 0.0329. The standard InChI is InChI=1S/C25H27N3O6S2/c1-28(16-17-8-6-5-7-9-17)36(30,31)20-12-10-19(11-13-20)26-25(35)27-24(29)18-14-21(32-2)23(34-4)22(15-18)33-3/h5-15H,16H2,1-4H3,(H2,26,27,29,35). The van der Waals surface area contributed by atoms with Crippen molar-refractivity contribution in [2.75, 3.05) is 33.7 Å². The predicted octanol–water partition coefficient (Wildman–Crippen LogP) is 3.66. The van der Waals surface area contributed by atoms with E-state index in [9.17, 15) is 13.2 Å². The molecule has 0 heterocycles. The first-order valence-electron chi connectivity index (χ1n) is 10.7. The van der Waals surface area contributed by atoms with Crippen molar-refractivity contribution in [1.29, 1.82) is 0 Å². The normalized spacial score (nSPS) is 11.0. The molecule has 0 bridgehead atoms. The third-order valence-electron chi connectivity index (χ3n) is 5.22. The third kappa shape index (κ3) is 6.30. The van der Waals surface area contributed by atoms with E-state index in [1.165, 1.54) is 56.9 Å². The van der Waals surface area contributed by atoms with Gasteiger partial charge in [-0.05, 0) is 54.2 Å². The Hall–Kier alpha value is -3.67. The van der Waals surface area contributed by atoms with Gasteiger partial charge in [-0.15, -0.1) is 0 Å². The van der Waals surface area contributed by atoms with Crippen LogP contribution in [0.4, 0.5) is 5.69 Å². The van der Waals surface area contributed by atoms with Gasteiger partial charge in [-0.25, -0.2) is 8.42 Å². The molecule has 11 heteroatoms. The van der Waals surface area contributed by atoms with Gasteiger partial charge in [-0.2, -0.15) is 4.31 Å². The maximum absolute atomic E-state index is 12.9. The van der Waals surface area contributed by atoms with Crippen LogP contribution in [0.5, 0.6) is 17.2 Å². The molecule has 0 aromatic heterocycles. The molecule has 3 aromatic carbocycles. The molecule has 0 aliphatic carbocycles. The van der Waals surface area contributed by atoms with Crippen LogP contribution in [0.2, 0.25) is 0 Å². The van der Waals surface area contributed by atoms with E-state index in [-0.39, 0.29) is 22.1 Å². The zero-order valence-corrected chi connectivity index (χ0v) is 21.9. The van der Waals surface area contributed by atoms with Crippen LogP contribution in [0.25, 0.3) is 0 Å². The van der Waals surface area contributed by atoms with E-state index >= 15 is 0 Å². The summed E-state index contributed by atoms with van der Waals surface area (Å²) in [5.74, 6) is 0.528. The number of benzene rings is 3. The van der Waals surface area contributed by atoms with Gasteiger partial charge in [0.05, 0.1) is 26.2 Å². The van der Waals surface area contributed by atoms with E-state index < -0.39 is 15.9 Å². The molecular formula is C25H27N3O6S2. The summed E-state index contributed by atoms with van der Waals surface area (Å²) >= 11 is 5.25. The van der Waals surface area contributed by atoms with Gasteiger partial charge in [0.1, 0.15) is 0 Å². The fraction of sp³-hybridized carbons (Fsp3) is 0.200. The lowest BCUT2D eigenvalue weighted by Gasteiger charge is -2.18. The van der Waals surface area contributed by atoms with Crippen LogP contribution in [0.3, 0.4) is 0 Å². The minimum atomic E-state index is -3.69. The summed E-state index contributed by atoms with van der Waals surface area (Å²) in [6, 6.07) is 18.4. The SMILES string of the molecule is COc1cc(C(=O)NC(=S)Nc2ccc(S(=O)(=O)N(C)Cc3ccccc3)cc2)cc(OC)c1OC. The zero-order valence-electron chi connectivity index (χ0n) is 20.3. The molecule has 0 aliphatic heterocycles.